The summed E-state index contributed by atoms with van der Waals surface area (Å²) < 4.78 is 2.07. The van der Waals surface area contributed by atoms with E-state index in [0.717, 1.165) is 16.7 Å². The van der Waals surface area contributed by atoms with Gasteiger partial charge in [0.15, 0.2) is 0 Å². The molecule has 2 N–H and O–H groups in total. The average molecular weight is 319 g/mol. The number of aliphatic hydroxyl groups excluding tert-OH is 1. The number of benzene rings is 2. The van der Waals surface area contributed by atoms with E-state index in [0.29, 0.717) is 24.4 Å². The van der Waals surface area contributed by atoms with Crippen molar-refractivity contribution < 1.29 is 9.90 Å². The second kappa shape index (κ2) is 5.85. The molecule has 0 fully saturated rings. The van der Waals surface area contributed by atoms with Crippen LogP contribution in [0.2, 0.25) is 0 Å². The number of fused-ring (bicyclic) bond motifs is 3. The van der Waals surface area contributed by atoms with Crippen molar-refractivity contribution in [2.45, 2.75) is 19.4 Å². The van der Waals surface area contributed by atoms with Gasteiger partial charge in [-0.2, -0.15) is 0 Å². The molecule has 2 heterocycles. The SMILES string of the molecule is O=C(CC1=C(O)CCn2c1nc1ccccc12)Nc1ccccc1. The van der Waals surface area contributed by atoms with Crippen molar-refractivity contribution in [2.75, 3.05) is 5.32 Å². The lowest BCUT2D eigenvalue weighted by atomic mass is 10.0. The van der Waals surface area contributed by atoms with Crippen LogP contribution in [0.4, 0.5) is 5.69 Å². The van der Waals surface area contributed by atoms with Gasteiger partial charge in [-0.15, -0.1) is 0 Å². The van der Waals surface area contributed by atoms with Crippen molar-refractivity contribution >= 4 is 28.2 Å². The van der Waals surface area contributed by atoms with Gasteiger partial charge in [0.1, 0.15) is 11.6 Å². The van der Waals surface area contributed by atoms with Crippen LogP contribution >= 0.6 is 0 Å². The lowest BCUT2D eigenvalue weighted by molar-refractivity contribution is -0.115. The summed E-state index contributed by atoms with van der Waals surface area (Å²) in [5.74, 6) is 0.771. The van der Waals surface area contributed by atoms with Gasteiger partial charge in [-0.3, -0.25) is 4.79 Å². The zero-order chi connectivity index (χ0) is 16.5. The van der Waals surface area contributed by atoms with Crippen molar-refractivity contribution in [1.82, 2.24) is 9.55 Å². The molecule has 2 aromatic carbocycles. The molecule has 5 heteroatoms. The standard InChI is InChI=1S/C19H17N3O2/c23-17-10-11-22-16-9-5-4-8-15(16)21-19(22)14(17)12-18(24)20-13-6-2-1-3-7-13/h1-9,23H,10-12H2,(H,20,24). The first kappa shape index (κ1) is 14.5. The number of hydrogen-bond acceptors (Lipinski definition) is 3. The van der Waals surface area contributed by atoms with Gasteiger partial charge in [0.25, 0.3) is 0 Å². The number of hydrogen-bond donors (Lipinski definition) is 2. The Morgan fingerprint density at radius 1 is 1.12 bits per heavy atom. The predicted octanol–water partition coefficient (Wildman–Crippen LogP) is 3.74. The van der Waals surface area contributed by atoms with E-state index in [1.807, 2.05) is 54.6 Å². The Morgan fingerprint density at radius 2 is 1.88 bits per heavy atom. The van der Waals surface area contributed by atoms with Crippen LogP contribution in [0.25, 0.3) is 16.6 Å². The highest BCUT2D eigenvalue weighted by Gasteiger charge is 2.24. The van der Waals surface area contributed by atoms with Gasteiger partial charge in [0, 0.05) is 24.2 Å². The van der Waals surface area contributed by atoms with E-state index in [9.17, 15) is 9.90 Å². The lowest BCUT2D eigenvalue weighted by Crippen LogP contribution is -2.17. The second-order valence-corrected chi connectivity index (χ2v) is 5.84. The zero-order valence-electron chi connectivity index (χ0n) is 13.1. The monoisotopic (exact) mass is 319 g/mol. The molecule has 0 unspecified atom stereocenters. The highest BCUT2D eigenvalue weighted by molar-refractivity contribution is 5.98. The van der Waals surface area contributed by atoms with Crippen molar-refractivity contribution in [2.24, 2.45) is 0 Å². The van der Waals surface area contributed by atoms with Gasteiger partial charge in [-0.05, 0) is 24.3 Å². The Labute approximate surface area is 139 Å². The zero-order valence-corrected chi connectivity index (χ0v) is 13.1. The van der Waals surface area contributed by atoms with Crippen LogP contribution in [0.5, 0.6) is 0 Å². The number of imidazole rings is 1. The molecule has 24 heavy (non-hydrogen) atoms. The predicted molar refractivity (Wildman–Crippen MR) is 93.6 cm³/mol. The van der Waals surface area contributed by atoms with Gasteiger partial charge in [-0.1, -0.05) is 30.3 Å². The Kier molecular flexibility index (Phi) is 3.54. The summed E-state index contributed by atoms with van der Waals surface area (Å²) >= 11 is 0. The average Bonchev–Trinajstić information content (AvgIpc) is 2.97. The lowest BCUT2D eigenvalue weighted by Gasteiger charge is -2.19. The molecule has 1 aliphatic heterocycles. The van der Waals surface area contributed by atoms with Crippen LogP contribution in [0, 0.1) is 0 Å². The van der Waals surface area contributed by atoms with Gasteiger partial charge in [-0.25, -0.2) is 4.98 Å². The second-order valence-electron chi connectivity index (χ2n) is 5.84. The Bertz CT molecular complexity index is 942. The van der Waals surface area contributed by atoms with Crippen molar-refractivity contribution in [1.29, 1.82) is 0 Å². The molecule has 1 amide bonds. The number of amides is 1. The number of nitrogens with zero attached hydrogens (tertiary/aromatic N) is 2. The Balaban J connectivity index is 1.64. The third kappa shape index (κ3) is 2.54. The molecule has 0 atom stereocenters. The minimum absolute atomic E-state index is 0.101. The molecule has 0 aliphatic carbocycles. The maximum Gasteiger partial charge on any atom is 0.229 e. The smallest absolute Gasteiger partial charge is 0.229 e. The summed E-state index contributed by atoms with van der Waals surface area (Å²) in [5, 5.41) is 13.2. The first-order valence-electron chi connectivity index (χ1n) is 7.94. The largest absolute Gasteiger partial charge is 0.512 e. The highest BCUT2D eigenvalue weighted by atomic mass is 16.3. The summed E-state index contributed by atoms with van der Waals surface area (Å²) in [6.07, 6.45) is 0.616. The molecule has 0 bridgehead atoms. The molecule has 120 valence electrons. The fraction of sp³-hybridized carbons (Fsp3) is 0.158. The van der Waals surface area contributed by atoms with E-state index >= 15 is 0 Å². The minimum Gasteiger partial charge on any atom is -0.512 e. The molecule has 0 spiro atoms. The Morgan fingerprint density at radius 3 is 2.71 bits per heavy atom. The van der Waals surface area contributed by atoms with E-state index in [-0.39, 0.29) is 18.1 Å². The number of aliphatic hydroxyl groups is 1. The maximum atomic E-state index is 12.4. The minimum atomic E-state index is -0.164. The fourth-order valence-electron chi connectivity index (χ4n) is 3.10. The number of nitrogens with one attached hydrogen (secondary N) is 1. The van der Waals surface area contributed by atoms with Crippen molar-refractivity contribution in [3.8, 4) is 0 Å². The van der Waals surface area contributed by atoms with Crippen LogP contribution in [0.3, 0.4) is 0 Å². The highest BCUT2D eigenvalue weighted by Crippen LogP contribution is 2.31. The molecule has 1 aliphatic rings. The molecular weight excluding hydrogens is 302 g/mol. The third-order valence-corrected chi connectivity index (χ3v) is 4.24. The molecule has 0 saturated heterocycles. The van der Waals surface area contributed by atoms with Crippen LogP contribution in [0.15, 0.2) is 60.4 Å². The van der Waals surface area contributed by atoms with Crippen molar-refractivity contribution in [3.63, 3.8) is 0 Å². The Hall–Kier alpha value is -3.08. The first-order chi connectivity index (χ1) is 11.7. The van der Waals surface area contributed by atoms with Crippen LogP contribution < -0.4 is 5.32 Å². The van der Waals surface area contributed by atoms with Crippen molar-refractivity contribution in [3.05, 3.63) is 66.2 Å². The quantitative estimate of drug-likeness (QED) is 0.773. The molecule has 5 nitrogen and oxygen atoms in total. The number of rotatable bonds is 3. The number of para-hydroxylation sites is 3. The molecule has 3 aromatic rings. The number of carbonyl (C=O) groups excluding carboxylic acids is 1. The first-order valence-corrected chi connectivity index (χ1v) is 7.94. The summed E-state index contributed by atoms with van der Waals surface area (Å²) in [5.41, 5.74) is 3.25. The summed E-state index contributed by atoms with van der Waals surface area (Å²) in [6.45, 7) is 0.672. The third-order valence-electron chi connectivity index (χ3n) is 4.24. The van der Waals surface area contributed by atoms with E-state index < -0.39 is 0 Å². The maximum absolute atomic E-state index is 12.4. The van der Waals surface area contributed by atoms with Crippen LogP contribution in [-0.4, -0.2) is 20.6 Å². The number of allylic oxidation sites excluding steroid dienone is 1. The topological polar surface area (TPSA) is 67.1 Å². The van der Waals surface area contributed by atoms with E-state index in [2.05, 4.69) is 14.9 Å². The fourth-order valence-corrected chi connectivity index (χ4v) is 3.10. The molecule has 0 saturated carbocycles. The van der Waals surface area contributed by atoms with Gasteiger partial charge in [0.05, 0.1) is 17.5 Å². The molecule has 1 aromatic heterocycles. The summed E-state index contributed by atoms with van der Waals surface area (Å²) in [7, 11) is 0. The van der Waals surface area contributed by atoms with Crippen LogP contribution in [-0.2, 0) is 11.3 Å². The summed E-state index contributed by atoms with van der Waals surface area (Å²) in [4.78, 5) is 17.0. The number of aryl methyl sites for hydroxylation is 1. The molecular formula is C19H17N3O2. The summed E-state index contributed by atoms with van der Waals surface area (Å²) in [6, 6.07) is 17.2. The van der Waals surface area contributed by atoms with Gasteiger partial charge in [0.2, 0.25) is 5.91 Å². The van der Waals surface area contributed by atoms with Gasteiger partial charge >= 0.3 is 0 Å². The van der Waals surface area contributed by atoms with E-state index in [1.54, 1.807) is 0 Å². The molecule has 0 radical (unpaired) electrons. The van der Waals surface area contributed by atoms with E-state index in [1.165, 1.54) is 0 Å². The normalized spacial score (nSPS) is 13.8. The number of anilines is 1. The molecule has 4 rings (SSSR count). The number of aromatic nitrogens is 2. The van der Waals surface area contributed by atoms with Gasteiger partial charge < -0.3 is 15.0 Å². The number of carbonyl (C=O) groups is 1. The van der Waals surface area contributed by atoms with Crippen LogP contribution in [0.1, 0.15) is 18.7 Å². The van der Waals surface area contributed by atoms with E-state index in [4.69, 9.17) is 0 Å².